The van der Waals surface area contributed by atoms with E-state index < -0.39 is 5.82 Å². The van der Waals surface area contributed by atoms with Crippen molar-refractivity contribution in [3.63, 3.8) is 0 Å². The Morgan fingerprint density at radius 2 is 1.89 bits per heavy atom. The van der Waals surface area contributed by atoms with Gasteiger partial charge in [-0.25, -0.2) is 4.39 Å². The van der Waals surface area contributed by atoms with E-state index in [1.165, 1.54) is 29.2 Å². The molecule has 4 nitrogen and oxygen atoms in total. The summed E-state index contributed by atoms with van der Waals surface area (Å²) in [6.07, 6.45) is 0. The van der Waals surface area contributed by atoms with Gasteiger partial charge >= 0.3 is 0 Å². The quantitative estimate of drug-likeness (QED) is 0.384. The Hall–Kier alpha value is -1.96. The van der Waals surface area contributed by atoms with Gasteiger partial charge in [-0.1, -0.05) is 79.7 Å². The van der Waals surface area contributed by atoms with E-state index in [2.05, 4.69) is 36.3 Å². The number of halogens is 2. The van der Waals surface area contributed by atoms with E-state index in [1.54, 1.807) is 24.3 Å². The molecule has 0 bridgehead atoms. The largest absolute Gasteiger partial charge is 0.296 e. The molecule has 2 aromatic carbocycles. The molecular weight excluding hydrogens is 417 g/mol. The molecule has 1 amide bonds. The Bertz CT molecular complexity index is 984. The van der Waals surface area contributed by atoms with Crippen molar-refractivity contribution in [1.29, 1.82) is 0 Å². The highest BCUT2D eigenvalue weighted by molar-refractivity contribution is 8.00. The number of hydrogen-bond donors (Lipinski definition) is 1. The monoisotopic (exact) mass is 435 g/mol. The Morgan fingerprint density at radius 3 is 2.57 bits per heavy atom. The van der Waals surface area contributed by atoms with Crippen LogP contribution < -0.4 is 5.32 Å². The normalized spacial score (nSPS) is 11.5. The maximum Gasteiger partial charge on any atom is 0.257 e. The number of amides is 1. The van der Waals surface area contributed by atoms with E-state index in [4.69, 9.17) is 11.6 Å². The van der Waals surface area contributed by atoms with Gasteiger partial charge in [-0.3, -0.25) is 10.1 Å². The Kier molecular flexibility index (Phi) is 6.37. The molecule has 0 saturated heterocycles. The highest BCUT2D eigenvalue weighted by atomic mass is 35.5. The molecule has 8 heteroatoms. The van der Waals surface area contributed by atoms with Crippen molar-refractivity contribution in [1.82, 2.24) is 10.2 Å². The third-order valence-corrected chi connectivity index (χ3v) is 6.34. The predicted octanol–water partition coefficient (Wildman–Crippen LogP) is 6.17. The van der Waals surface area contributed by atoms with E-state index in [1.807, 2.05) is 12.1 Å². The summed E-state index contributed by atoms with van der Waals surface area (Å²) in [5, 5.41) is 11.3. The topological polar surface area (TPSA) is 54.9 Å². The summed E-state index contributed by atoms with van der Waals surface area (Å²) in [6, 6.07) is 12.4. The maximum atomic E-state index is 13.9. The Morgan fingerprint density at radius 1 is 1.18 bits per heavy atom. The number of carbonyl (C=O) groups is 1. The van der Waals surface area contributed by atoms with Crippen LogP contribution in [0.3, 0.4) is 0 Å². The SMILES string of the molecule is CC(C)(C)c1ccc(C(=O)Nc2nnc(SCc3cccc(Cl)c3F)s2)cc1. The minimum atomic E-state index is -0.423. The summed E-state index contributed by atoms with van der Waals surface area (Å²) in [4.78, 5) is 12.4. The van der Waals surface area contributed by atoms with Crippen molar-refractivity contribution in [2.24, 2.45) is 0 Å². The van der Waals surface area contributed by atoms with Gasteiger partial charge in [0.2, 0.25) is 5.13 Å². The molecule has 0 aliphatic rings. The summed E-state index contributed by atoms with van der Waals surface area (Å²) in [5.74, 6) is -0.286. The molecule has 0 aliphatic heterocycles. The first-order valence-corrected chi connectivity index (χ1v) is 10.7. The molecule has 1 aromatic heterocycles. The summed E-state index contributed by atoms with van der Waals surface area (Å²) in [5.41, 5.74) is 2.24. The molecule has 28 heavy (non-hydrogen) atoms. The highest BCUT2D eigenvalue weighted by Gasteiger charge is 2.15. The van der Waals surface area contributed by atoms with E-state index in [-0.39, 0.29) is 16.3 Å². The van der Waals surface area contributed by atoms with Crippen LogP contribution in [0.2, 0.25) is 5.02 Å². The van der Waals surface area contributed by atoms with Crippen LogP contribution in [-0.4, -0.2) is 16.1 Å². The summed E-state index contributed by atoms with van der Waals surface area (Å²) in [7, 11) is 0. The van der Waals surface area contributed by atoms with Crippen molar-refractivity contribution < 1.29 is 9.18 Å². The number of rotatable bonds is 5. The van der Waals surface area contributed by atoms with E-state index >= 15 is 0 Å². The molecular formula is C20H19ClFN3OS2. The van der Waals surface area contributed by atoms with Crippen LogP contribution in [0.4, 0.5) is 9.52 Å². The molecule has 0 unspecified atom stereocenters. The molecule has 1 heterocycles. The lowest BCUT2D eigenvalue weighted by Crippen LogP contribution is -2.14. The van der Waals surface area contributed by atoms with Crippen molar-refractivity contribution in [3.05, 3.63) is 70.0 Å². The second-order valence-electron chi connectivity index (χ2n) is 7.16. The van der Waals surface area contributed by atoms with Crippen molar-refractivity contribution in [2.45, 2.75) is 36.3 Å². The fourth-order valence-corrected chi connectivity index (χ4v) is 4.33. The Labute approximate surface area is 176 Å². The van der Waals surface area contributed by atoms with Gasteiger partial charge in [0, 0.05) is 11.3 Å². The van der Waals surface area contributed by atoms with Crippen LogP contribution in [0.5, 0.6) is 0 Å². The maximum absolute atomic E-state index is 13.9. The highest BCUT2D eigenvalue weighted by Crippen LogP contribution is 2.30. The molecule has 146 valence electrons. The molecule has 1 N–H and O–H groups in total. The van der Waals surface area contributed by atoms with Gasteiger partial charge in [0.05, 0.1) is 5.02 Å². The van der Waals surface area contributed by atoms with Crippen molar-refractivity contribution >= 4 is 45.7 Å². The third kappa shape index (κ3) is 5.10. The lowest BCUT2D eigenvalue weighted by Gasteiger charge is -2.18. The molecule has 0 radical (unpaired) electrons. The van der Waals surface area contributed by atoms with Crippen molar-refractivity contribution in [3.8, 4) is 0 Å². The third-order valence-electron chi connectivity index (χ3n) is 4.02. The number of nitrogens with zero attached hydrogens (tertiary/aromatic N) is 2. The smallest absolute Gasteiger partial charge is 0.257 e. The second-order valence-corrected chi connectivity index (χ2v) is 9.76. The zero-order valence-corrected chi connectivity index (χ0v) is 18.0. The number of aromatic nitrogens is 2. The molecule has 3 aromatic rings. The van der Waals surface area contributed by atoms with E-state index in [9.17, 15) is 9.18 Å². The first-order chi connectivity index (χ1) is 13.2. The lowest BCUT2D eigenvalue weighted by atomic mass is 9.87. The van der Waals surface area contributed by atoms with Gasteiger partial charge in [0.1, 0.15) is 5.82 Å². The molecule has 0 saturated carbocycles. The van der Waals surface area contributed by atoms with E-state index in [0.717, 1.165) is 5.56 Å². The van der Waals surface area contributed by atoms with Gasteiger partial charge < -0.3 is 0 Å². The standard InChI is InChI=1S/C20H19ClFN3OS2/c1-20(2,3)14-9-7-12(8-10-14)17(26)23-18-24-25-19(28-18)27-11-13-5-4-6-15(21)16(13)22/h4-10H,11H2,1-3H3,(H,23,24,26). The number of hydrogen-bond acceptors (Lipinski definition) is 5. The number of nitrogens with one attached hydrogen (secondary N) is 1. The Balaban J connectivity index is 1.61. The van der Waals surface area contributed by atoms with Gasteiger partial charge in [0.15, 0.2) is 4.34 Å². The van der Waals surface area contributed by atoms with Crippen LogP contribution in [0.15, 0.2) is 46.8 Å². The molecule has 0 aliphatic carbocycles. The fourth-order valence-electron chi connectivity index (χ4n) is 2.41. The lowest BCUT2D eigenvalue weighted by molar-refractivity contribution is 0.102. The van der Waals surface area contributed by atoms with Crippen LogP contribution in [-0.2, 0) is 11.2 Å². The summed E-state index contributed by atoms with van der Waals surface area (Å²) >= 11 is 8.38. The van der Waals surface area contributed by atoms with Crippen LogP contribution in [0, 0.1) is 5.82 Å². The number of anilines is 1. The zero-order valence-electron chi connectivity index (χ0n) is 15.6. The minimum Gasteiger partial charge on any atom is -0.296 e. The van der Waals surface area contributed by atoms with Crippen LogP contribution in [0.25, 0.3) is 0 Å². The minimum absolute atomic E-state index is 0.0306. The first kappa shape index (κ1) is 20.8. The number of thioether (sulfide) groups is 1. The van der Waals surface area contributed by atoms with Gasteiger partial charge in [0.25, 0.3) is 5.91 Å². The van der Waals surface area contributed by atoms with Crippen molar-refractivity contribution in [2.75, 3.05) is 5.32 Å². The predicted molar refractivity (Wildman–Crippen MR) is 114 cm³/mol. The van der Waals surface area contributed by atoms with Crippen LogP contribution >= 0.6 is 34.7 Å². The average molecular weight is 436 g/mol. The second kappa shape index (κ2) is 8.59. The number of benzene rings is 2. The number of carbonyl (C=O) groups excluding carboxylic acids is 1. The molecule has 0 spiro atoms. The average Bonchev–Trinajstić information content (AvgIpc) is 3.09. The van der Waals surface area contributed by atoms with Gasteiger partial charge in [-0.2, -0.15) is 0 Å². The van der Waals surface area contributed by atoms with E-state index in [0.29, 0.717) is 26.4 Å². The molecule has 0 fully saturated rings. The van der Waals surface area contributed by atoms with Crippen LogP contribution in [0.1, 0.15) is 42.3 Å². The zero-order chi connectivity index (χ0) is 20.3. The first-order valence-electron chi connectivity index (χ1n) is 8.55. The molecule has 0 atom stereocenters. The fraction of sp³-hybridized carbons (Fsp3) is 0.250. The van der Waals surface area contributed by atoms with Gasteiger partial charge in [-0.15, -0.1) is 10.2 Å². The summed E-state index contributed by atoms with van der Waals surface area (Å²) in [6.45, 7) is 6.37. The molecule has 3 rings (SSSR count). The van der Waals surface area contributed by atoms with Gasteiger partial charge in [-0.05, 0) is 34.7 Å². The summed E-state index contributed by atoms with van der Waals surface area (Å²) < 4.78 is 14.6.